The van der Waals surface area contributed by atoms with Crippen LogP contribution in [0.25, 0.3) is 0 Å². The van der Waals surface area contributed by atoms with Crippen LogP contribution in [0.15, 0.2) is 96.9 Å². The fraction of sp³-hybridized carbons (Fsp3) is 0.222. The van der Waals surface area contributed by atoms with Crippen molar-refractivity contribution < 1.29 is 0 Å². The van der Waals surface area contributed by atoms with E-state index in [0.717, 1.165) is 12.4 Å². The summed E-state index contributed by atoms with van der Waals surface area (Å²) < 4.78 is 0. The molecule has 6 rings (SSSR count). The maximum Gasteiger partial charge on any atom is 0.115 e. The van der Waals surface area contributed by atoms with Crippen molar-refractivity contribution in [2.45, 2.75) is 31.5 Å². The van der Waals surface area contributed by atoms with E-state index in [0.29, 0.717) is 0 Å². The number of allylic oxidation sites excluding steroid dienone is 2. The van der Waals surface area contributed by atoms with Crippen LogP contribution < -0.4 is 10.2 Å². The van der Waals surface area contributed by atoms with Gasteiger partial charge in [-0.1, -0.05) is 60.7 Å². The van der Waals surface area contributed by atoms with E-state index in [1.54, 1.807) is 0 Å². The lowest BCUT2D eigenvalue weighted by atomic mass is 9.78. The molecule has 1 N–H and O–H groups in total. The number of nitrogens with one attached hydrogen (secondary N) is 1. The van der Waals surface area contributed by atoms with Gasteiger partial charge in [0, 0.05) is 40.6 Å². The number of anilines is 2. The molecule has 1 aromatic heterocycles. The van der Waals surface area contributed by atoms with Gasteiger partial charge < -0.3 is 10.2 Å². The summed E-state index contributed by atoms with van der Waals surface area (Å²) in [4.78, 5) is 9.63. The topological polar surface area (TPSA) is 31.4 Å². The molecule has 4 nitrogen and oxygen atoms in total. The maximum absolute atomic E-state index is 4.44. The smallest absolute Gasteiger partial charge is 0.115 e. The molecule has 0 amide bonds. The molecule has 154 valence electrons. The number of aryl methyl sites for hydroxylation is 1. The number of pyridine rings is 1. The molecule has 0 bridgehead atoms. The number of nitrogens with zero attached hydrogens (tertiary/aromatic N) is 3. The molecule has 1 aliphatic carbocycles. The second-order valence-corrected chi connectivity index (χ2v) is 8.67. The Labute approximate surface area is 183 Å². The van der Waals surface area contributed by atoms with Crippen molar-refractivity contribution in [2.24, 2.45) is 0 Å². The van der Waals surface area contributed by atoms with Crippen molar-refractivity contribution in [2.75, 3.05) is 16.9 Å². The zero-order valence-electron chi connectivity index (χ0n) is 17.9. The molecule has 1 spiro atoms. The molecule has 4 heteroatoms. The zero-order valence-corrected chi connectivity index (χ0v) is 17.9. The fourth-order valence-corrected chi connectivity index (χ4v) is 5.66. The number of hydrogen-bond acceptors (Lipinski definition) is 4. The van der Waals surface area contributed by atoms with Crippen molar-refractivity contribution in [3.05, 3.63) is 114 Å². The van der Waals surface area contributed by atoms with Crippen LogP contribution in [0.2, 0.25) is 0 Å². The second kappa shape index (κ2) is 6.82. The first-order valence-electron chi connectivity index (χ1n) is 11.0. The Morgan fingerprint density at radius 2 is 1.87 bits per heavy atom. The van der Waals surface area contributed by atoms with Crippen molar-refractivity contribution in [3.63, 3.8) is 0 Å². The average Bonchev–Trinajstić information content (AvgIpc) is 3.34. The van der Waals surface area contributed by atoms with Gasteiger partial charge in [-0.05, 0) is 43.7 Å². The molecule has 2 aliphatic heterocycles. The molecule has 3 aromatic rings. The molecule has 1 fully saturated rings. The van der Waals surface area contributed by atoms with Gasteiger partial charge in [-0.15, -0.1) is 0 Å². The van der Waals surface area contributed by atoms with Gasteiger partial charge in [0.1, 0.15) is 5.54 Å². The molecule has 0 saturated carbocycles. The SMILES string of the molecule is Cc1cc(N2CN(C(C)c3ccccc3)C34C(=CC=C[C@@H]23)Nc2ccccc24)ccn1. The number of rotatable bonds is 3. The normalized spacial score (nSPS) is 24.8. The maximum atomic E-state index is 4.44. The van der Waals surface area contributed by atoms with E-state index in [9.17, 15) is 0 Å². The fourth-order valence-electron chi connectivity index (χ4n) is 5.66. The highest BCUT2D eigenvalue weighted by atomic mass is 15.5. The molecule has 2 unspecified atom stereocenters. The van der Waals surface area contributed by atoms with Gasteiger partial charge in [-0.25, -0.2) is 0 Å². The van der Waals surface area contributed by atoms with E-state index >= 15 is 0 Å². The highest BCUT2D eigenvalue weighted by Crippen LogP contribution is 2.57. The van der Waals surface area contributed by atoms with Crippen LogP contribution in [0, 0.1) is 6.92 Å². The first-order valence-corrected chi connectivity index (χ1v) is 11.0. The molecular weight excluding hydrogens is 380 g/mol. The van der Waals surface area contributed by atoms with Gasteiger partial charge in [0.05, 0.1) is 12.7 Å². The minimum atomic E-state index is -0.252. The summed E-state index contributed by atoms with van der Waals surface area (Å²) in [5.74, 6) is 0. The van der Waals surface area contributed by atoms with Gasteiger partial charge in [0.2, 0.25) is 0 Å². The van der Waals surface area contributed by atoms with Crippen LogP contribution >= 0.6 is 0 Å². The van der Waals surface area contributed by atoms with Crippen molar-refractivity contribution in [1.82, 2.24) is 9.88 Å². The lowest BCUT2D eigenvalue weighted by Gasteiger charge is -2.43. The second-order valence-electron chi connectivity index (χ2n) is 8.67. The minimum Gasteiger partial charge on any atom is -0.357 e. The number of benzene rings is 2. The molecule has 0 radical (unpaired) electrons. The number of fused-ring (bicyclic) bond motifs is 1. The Morgan fingerprint density at radius 1 is 1.06 bits per heavy atom. The third kappa shape index (κ3) is 2.55. The summed E-state index contributed by atoms with van der Waals surface area (Å²) in [7, 11) is 0. The lowest BCUT2D eigenvalue weighted by Crippen LogP contribution is -2.50. The Kier molecular flexibility index (Phi) is 4.05. The van der Waals surface area contributed by atoms with Crippen LogP contribution in [0.3, 0.4) is 0 Å². The van der Waals surface area contributed by atoms with E-state index in [-0.39, 0.29) is 17.6 Å². The standard InChI is InChI=1S/C27H26N4/c1-19-17-22(15-16-28-19)30-18-31(20(2)21-9-4-3-5-10-21)27-23-11-6-7-12-24(23)29-25(27)13-8-14-26(27)30/h3-17,20,26,29H,18H2,1-2H3/t20?,26-,27?/m1/s1. The Morgan fingerprint density at radius 3 is 2.71 bits per heavy atom. The van der Waals surface area contributed by atoms with Crippen LogP contribution in [-0.2, 0) is 5.54 Å². The van der Waals surface area contributed by atoms with Crippen LogP contribution in [0.1, 0.15) is 29.8 Å². The summed E-state index contributed by atoms with van der Waals surface area (Å²) in [6, 6.07) is 24.4. The first kappa shape index (κ1) is 18.4. The highest BCUT2D eigenvalue weighted by molar-refractivity contribution is 5.73. The van der Waals surface area contributed by atoms with Crippen molar-refractivity contribution in [3.8, 4) is 0 Å². The molecule has 2 aromatic carbocycles. The Hall–Kier alpha value is -3.37. The van der Waals surface area contributed by atoms with Gasteiger partial charge >= 0.3 is 0 Å². The molecule has 1 saturated heterocycles. The summed E-state index contributed by atoms with van der Waals surface area (Å²) in [5, 5.41) is 3.75. The highest BCUT2D eigenvalue weighted by Gasteiger charge is 2.60. The van der Waals surface area contributed by atoms with Crippen molar-refractivity contribution >= 4 is 11.4 Å². The summed E-state index contributed by atoms with van der Waals surface area (Å²) in [6.07, 6.45) is 8.74. The summed E-state index contributed by atoms with van der Waals surface area (Å²) in [5.41, 5.74) is 7.17. The average molecular weight is 407 g/mol. The Balaban J connectivity index is 1.57. The van der Waals surface area contributed by atoms with Gasteiger partial charge in [-0.2, -0.15) is 0 Å². The molecule has 3 atom stereocenters. The van der Waals surface area contributed by atoms with Crippen molar-refractivity contribution in [1.29, 1.82) is 0 Å². The van der Waals surface area contributed by atoms with E-state index in [2.05, 4.69) is 119 Å². The van der Waals surface area contributed by atoms with E-state index in [1.165, 1.54) is 28.2 Å². The van der Waals surface area contributed by atoms with Crippen LogP contribution in [0.5, 0.6) is 0 Å². The monoisotopic (exact) mass is 406 g/mol. The summed E-state index contributed by atoms with van der Waals surface area (Å²) >= 11 is 0. The lowest BCUT2D eigenvalue weighted by molar-refractivity contribution is 0.125. The third-order valence-electron chi connectivity index (χ3n) is 7.06. The first-order chi connectivity index (χ1) is 15.2. The number of para-hydroxylation sites is 1. The van der Waals surface area contributed by atoms with E-state index < -0.39 is 0 Å². The predicted octanol–water partition coefficient (Wildman–Crippen LogP) is 5.37. The predicted molar refractivity (Wildman–Crippen MR) is 126 cm³/mol. The molecular formula is C27H26N4. The minimum absolute atomic E-state index is 0.191. The van der Waals surface area contributed by atoms with E-state index in [4.69, 9.17) is 0 Å². The van der Waals surface area contributed by atoms with Crippen LogP contribution in [-0.4, -0.2) is 22.6 Å². The molecule has 3 aliphatic rings. The number of aromatic nitrogens is 1. The zero-order chi connectivity index (χ0) is 21.0. The van der Waals surface area contributed by atoms with E-state index in [1.807, 2.05) is 6.20 Å². The molecule has 31 heavy (non-hydrogen) atoms. The third-order valence-corrected chi connectivity index (χ3v) is 7.06. The molecule has 3 heterocycles. The van der Waals surface area contributed by atoms with Crippen LogP contribution in [0.4, 0.5) is 11.4 Å². The quantitative estimate of drug-likeness (QED) is 0.633. The number of hydrogen-bond donors (Lipinski definition) is 1. The summed E-state index contributed by atoms with van der Waals surface area (Å²) in [6.45, 7) is 5.23. The largest absolute Gasteiger partial charge is 0.357 e. The van der Waals surface area contributed by atoms with Gasteiger partial charge in [0.25, 0.3) is 0 Å². The van der Waals surface area contributed by atoms with Gasteiger partial charge in [-0.3, -0.25) is 9.88 Å². The Bertz CT molecular complexity index is 1200. The van der Waals surface area contributed by atoms with Gasteiger partial charge in [0.15, 0.2) is 0 Å².